The summed E-state index contributed by atoms with van der Waals surface area (Å²) in [6, 6.07) is 4.47. The first-order valence-electron chi connectivity index (χ1n) is 7.64. The molecule has 1 aromatic heterocycles. The minimum Gasteiger partial charge on any atom is -0.329 e. The Morgan fingerprint density at radius 2 is 1.95 bits per heavy atom. The molecule has 2 aliphatic rings. The molecular formula is C16H25N3. The minimum absolute atomic E-state index is 0.257. The second-order valence-corrected chi connectivity index (χ2v) is 6.27. The van der Waals surface area contributed by atoms with Gasteiger partial charge < -0.3 is 11.1 Å². The van der Waals surface area contributed by atoms with Crippen molar-refractivity contribution < 1.29 is 0 Å². The number of nitrogens with zero attached hydrogens (tertiary/aromatic N) is 1. The fraction of sp³-hybridized carbons (Fsp3) is 0.688. The second kappa shape index (κ2) is 5.59. The highest BCUT2D eigenvalue weighted by molar-refractivity contribution is 5.17. The third-order valence-electron chi connectivity index (χ3n) is 4.63. The van der Waals surface area contributed by atoms with Crippen LogP contribution in [0.5, 0.6) is 0 Å². The van der Waals surface area contributed by atoms with Crippen molar-refractivity contribution in [3.05, 3.63) is 29.6 Å². The van der Waals surface area contributed by atoms with Gasteiger partial charge in [-0.25, -0.2) is 0 Å². The molecule has 0 spiro atoms. The molecule has 3 nitrogen and oxygen atoms in total. The highest BCUT2D eigenvalue weighted by Crippen LogP contribution is 2.48. The first kappa shape index (κ1) is 13.1. The predicted molar refractivity (Wildman–Crippen MR) is 77.7 cm³/mol. The fourth-order valence-electron chi connectivity index (χ4n) is 3.07. The quantitative estimate of drug-likeness (QED) is 0.790. The van der Waals surface area contributed by atoms with Crippen molar-refractivity contribution in [2.24, 2.45) is 23.5 Å². The van der Waals surface area contributed by atoms with Gasteiger partial charge in [0.05, 0.1) is 0 Å². The third kappa shape index (κ3) is 3.34. The molecule has 3 rings (SSSR count). The highest BCUT2D eigenvalue weighted by atomic mass is 14.9. The van der Waals surface area contributed by atoms with E-state index in [9.17, 15) is 0 Å². The average molecular weight is 259 g/mol. The van der Waals surface area contributed by atoms with E-state index in [2.05, 4.69) is 22.4 Å². The molecule has 2 fully saturated rings. The molecule has 0 aliphatic heterocycles. The Labute approximate surface area is 116 Å². The standard InChI is InChI=1S/C16H25N3/c1-11-2-3-14(9-18-11)16(8-17)19-10-15(12-4-5-12)13-6-7-13/h2-3,9,12-13,15-16,19H,4-8,10,17H2,1H3. The van der Waals surface area contributed by atoms with E-state index in [4.69, 9.17) is 5.73 Å². The summed E-state index contributed by atoms with van der Waals surface area (Å²) in [6.07, 6.45) is 7.75. The van der Waals surface area contributed by atoms with Gasteiger partial charge in [-0.3, -0.25) is 4.98 Å². The first-order chi connectivity index (χ1) is 9.28. The monoisotopic (exact) mass is 259 g/mol. The van der Waals surface area contributed by atoms with Crippen LogP contribution in [0, 0.1) is 24.7 Å². The lowest BCUT2D eigenvalue weighted by Crippen LogP contribution is -2.33. The molecule has 0 aromatic carbocycles. The van der Waals surface area contributed by atoms with Crippen molar-refractivity contribution in [2.45, 2.75) is 38.6 Å². The Kier molecular flexibility index (Phi) is 3.85. The van der Waals surface area contributed by atoms with E-state index >= 15 is 0 Å². The summed E-state index contributed by atoms with van der Waals surface area (Å²) in [5.74, 6) is 2.89. The summed E-state index contributed by atoms with van der Waals surface area (Å²) in [6.45, 7) is 3.79. The molecular weight excluding hydrogens is 234 g/mol. The van der Waals surface area contributed by atoms with Crippen LogP contribution in [0.3, 0.4) is 0 Å². The lowest BCUT2D eigenvalue weighted by molar-refractivity contribution is 0.357. The van der Waals surface area contributed by atoms with Crippen LogP contribution in [0.1, 0.15) is 43.0 Å². The van der Waals surface area contributed by atoms with Crippen molar-refractivity contribution >= 4 is 0 Å². The largest absolute Gasteiger partial charge is 0.329 e. The van der Waals surface area contributed by atoms with E-state index in [1.807, 2.05) is 13.1 Å². The van der Waals surface area contributed by atoms with Crippen LogP contribution in [0.4, 0.5) is 0 Å². The van der Waals surface area contributed by atoms with Gasteiger partial charge in [-0.2, -0.15) is 0 Å². The number of pyridine rings is 1. The van der Waals surface area contributed by atoms with Crippen LogP contribution in [-0.4, -0.2) is 18.1 Å². The lowest BCUT2D eigenvalue weighted by Gasteiger charge is -2.22. The molecule has 0 radical (unpaired) electrons. The Balaban J connectivity index is 1.58. The van der Waals surface area contributed by atoms with Gasteiger partial charge in [-0.15, -0.1) is 0 Å². The summed E-state index contributed by atoms with van der Waals surface area (Å²) >= 11 is 0. The van der Waals surface area contributed by atoms with Gasteiger partial charge in [0.2, 0.25) is 0 Å². The third-order valence-corrected chi connectivity index (χ3v) is 4.63. The summed E-state index contributed by atoms with van der Waals surface area (Å²) < 4.78 is 0. The van der Waals surface area contributed by atoms with Gasteiger partial charge >= 0.3 is 0 Å². The van der Waals surface area contributed by atoms with Gasteiger partial charge in [-0.1, -0.05) is 6.07 Å². The van der Waals surface area contributed by atoms with Gasteiger partial charge in [0, 0.05) is 24.5 Å². The second-order valence-electron chi connectivity index (χ2n) is 6.27. The van der Waals surface area contributed by atoms with E-state index < -0.39 is 0 Å². The van der Waals surface area contributed by atoms with Crippen molar-refractivity contribution in [3.63, 3.8) is 0 Å². The van der Waals surface area contributed by atoms with Crippen LogP contribution < -0.4 is 11.1 Å². The van der Waals surface area contributed by atoms with Gasteiger partial charge in [-0.05, 0) is 68.5 Å². The average Bonchev–Trinajstić information content (AvgIpc) is 3.28. The normalized spacial score (nSPS) is 20.8. The zero-order valence-corrected chi connectivity index (χ0v) is 11.8. The van der Waals surface area contributed by atoms with Crippen LogP contribution in [0.15, 0.2) is 18.3 Å². The number of nitrogens with one attached hydrogen (secondary N) is 1. The zero-order chi connectivity index (χ0) is 13.2. The van der Waals surface area contributed by atoms with Gasteiger partial charge in [0.25, 0.3) is 0 Å². The van der Waals surface area contributed by atoms with E-state index in [0.29, 0.717) is 6.54 Å². The van der Waals surface area contributed by atoms with Gasteiger partial charge in [0.1, 0.15) is 0 Å². The summed E-state index contributed by atoms with van der Waals surface area (Å²) in [4.78, 5) is 4.37. The van der Waals surface area contributed by atoms with E-state index in [-0.39, 0.29) is 6.04 Å². The summed E-state index contributed by atoms with van der Waals surface area (Å²) in [7, 11) is 0. The molecule has 0 saturated heterocycles. The lowest BCUT2D eigenvalue weighted by atomic mass is 9.97. The fourth-order valence-corrected chi connectivity index (χ4v) is 3.07. The molecule has 1 aromatic rings. The zero-order valence-electron chi connectivity index (χ0n) is 11.8. The van der Waals surface area contributed by atoms with Crippen LogP contribution in [0.2, 0.25) is 0 Å². The topological polar surface area (TPSA) is 50.9 Å². The molecule has 19 heavy (non-hydrogen) atoms. The highest BCUT2D eigenvalue weighted by Gasteiger charge is 2.41. The summed E-state index contributed by atoms with van der Waals surface area (Å²) in [5, 5.41) is 3.68. The maximum absolute atomic E-state index is 5.92. The number of aryl methyl sites for hydroxylation is 1. The van der Waals surface area contributed by atoms with Crippen molar-refractivity contribution in [2.75, 3.05) is 13.1 Å². The SMILES string of the molecule is Cc1ccc(C(CN)NCC(C2CC2)C2CC2)cn1. The molecule has 2 aliphatic carbocycles. The minimum atomic E-state index is 0.257. The summed E-state index contributed by atoms with van der Waals surface area (Å²) in [5.41, 5.74) is 8.21. The molecule has 1 heterocycles. The first-order valence-corrected chi connectivity index (χ1v) is 7.64. The van der Waals surface area contributed by atoms with E-state index in [1.165, 1.54) is 31.2 Å². The Morgan fingerprint density at radius 3 is 2.42 bits per heavy atom. The molecule has 0 bridgehead atoms. The molecule has 104 valence electrons. The molecule has 2 saturated carbocycles. The molecule has 1 unspecified atom stereocenters. The van der Waals surface area contributed by atoms with Crippen LogP contribution in [0.25, 0.3) is 0 Å². The Morgan fingerprint density at radius 1 is 1.26 bits per heavy atom. The maximum atomic E-state index is 5.92. The van der Waals surface area contributed by atoms with E-state index in [0.717, 1.165) is 30.0 Å². The van der Waals surface area contributed by atoms with Crippen molar-refractivity contribution in [3.8, 4) is 0 Å². The van der Waals surface area contributed by atoms with Crippen molar-refractivity contribution in [1.82, 2.24) is 10.3 Å². The van der Waals surface area contributed by atoms with Gasteiger partial charge in [0.15, 0.2) is 0 Å². The maximum Gasteiger partial charge on any atom is 0.0459 e. The van der Waals surface area contributed by atoms with Crippen molar-refractivity contribution in [1.29, 1.82) is 0 Å². The molecule has 0 amide bonds. The number of aromatic nitrogens is 1. The Hall–Kier alpha value is -0.930. The van der Waals surface area contributed by atoms with E-state index in [1.54, 1.807) is 0 Å². The molecule has 3 heteroatoms. The van der Waals surface area contributed by atoms with Crippen LogP contribution in [-0.2, 0) is 0 Å². The number of hydrogen-bond acceptors (Lipinski definition) is 3. The number of hydrogen-bond donors (Lipinski definition) is 2. The molecule has 3 N–H and O–H groups in total. The number of rotatable bonds is 7. The smallest absolute Gasteiger partial charge is 0.0459 e. The van der Waals surface area contributed by atoms with Crippen LogP contribution >= 0.6 is 0 Å². The molecule has 1 atom stereocenters. The number of nitrogens with two attached hydrogens (primary N) is 1. The predicted octanol–water partition coefficient (Wildman–Crippen LogP) is 2.42. The Bertz CT molecular complexity index is 395.